The Kier molecular flexibility index (Phi) is 7.41. The Bertz CT molecular complexity index is 665. The predicted octanol–water partition coefficient (Wildman–Crippen LogP) is 2.03. The normalized spacial score (nSPS) is 12.8. The third-order valence-electron chi connectivity index (χ3n) is 3.77. The fourth-order valence-corrected chi connectivity index (χ4v) is 3.28. The van der Waals surface area contributed by atoms with E-state index in [9.17, 15) is 18.0 Å². The molecule has 0 aliphatic rings. The van der Waals surface area contributed by atoms with Gasteiger partial charge >= 0.3 is 5.97 Å². The summed E-state index contributed by atoms with van der Waals surface area (Å²) in [7, 11) is -3.33. The standard InChI is InChI=1S/C17H25NO5S/c1-4-5-14(17(20)21)11-18-16(19)10-13-6-8-15(9-7-13)24(22,23)12(2)3/h6-9,12,14H,4-5,10-11H2,1-3H3,(H,18,19)(H,20,21). The van der Waals surface area contributed by atoms with Gasteiger partial charge in [-0.1, -0.05) is 25.5 Å². The zero-order valence-corrected chi connectivity index (χ0v) is 15.1. The molecule has 1 rings (SSSR count). The SMILES string of the molecule is CCCC(CNC(=O)Cc1ccc(S(=O)(=O)C(C)C)cc1)C(=O)O. The lowest BCUT2D eigenvalue weighted by Crippen LogP contribution is -2.33. The highest BCUT2D eigenvalue weighted by molar-refractivity contribution is 7.92. The first-order valence-electron chi connectivity index (χ1n) is 8.00. The lowest BCUT2D eigenvalue weighted by molar-refractivity contribution is -0.141. The van der Waals surface area contributed by atoms with E-state index < -0.39 is 27.0 Å². The molecular formula is C17H25NO5S. The van der Waals surface area contributed by atoms with E-state index in [1.165, 1.54) is 12.1 Å². The van der Waals surface area contributed by atoms with Gasteiger partial charge in [-0.15, -0.1) is 0 Å². The summed E-state index contributed by atoms with van der Waals surface area (Å²) in [5.74, 6) is -1.78. The largest absolute Gasteiger partial charge is 0.481 e. The second-order valence-electron chi connectivity index (χ2n) is 6.04. The maximum Gasteiger partial charge on any atom is 0.308 e. The van der Waals surface area contributed by atoms with Gasteiger partial charge in [-0.25, -0.2) is 8.42 Å². The van der Waals surface area contributed by atoms with Gasteiger partial charge in [-0.05, 0) is 38.0 Å². The number of carboxylic acids is 1. The van der Waals surface area contributed by atoms with E-state index in [1.54, 1.807) is 26.0 Å². The van der Waals surface area contributed by atoms with Crippen LogP contribution < -0.4 is 5.32 Å². The summed E-state index contributed by atoms with van der Waals surface area (Å²) in [5, 5.41) is 11.2. The number of hydrogen-bond donors (Lipinski definition) is 2. The van der Waals surface area contributed by atoms with E-state index >= 15 is 0 Å². The molecule has 0 spiro atoms. The van der Waals surface area contributed by atoms with Gasteiger partial charge in [0.2, 0.25) is 5.91 Å². The van der Waals surface area contributed by atoms with Crippen LogP contribution in [0.1, 0.15) is 39.2 Å². The van der Waals surface area contributed by atoms with E-state index in [1.807, 2.05) is 6.92 Å². The van der Waals surface area contributed by atoms with Crippen LogP contribution in [0.5, 0.6) is 0 Å². The van der Waals surface area contributed by atoms with Crippen LogP contribution in [0.4, 0.5) is 0 Å². The molecule has 1 atom stereocenters. The summed E-state index contributed by atoms with van der Waals surface area (Å²) in [6, 6.07) is 6.20. The topological polar surface area (TPSA) is 101 Å². The Morgan fingerprint density at radius 2 is 1.75 bits per heavy atom. The van der Waals surface area contributed by atoms with Gasteiger partial charge in [0.1, 0.15) is 0 Å². The number of aliphatic carboxylic acids is 1. The van der Waals surface area contributed by atoms with Crippen molar-refractivity contribution in [3.05, 3.63) is 29.8 Å². The van der Waals surface area contributed by atoms with Crippen molar-refractivity contribution in [2.45, 2.75) is 50.2 Å². The number of sulfone groups is 1. The van der Waals surface area contributed by atoms with Gasteiger partial charge < -0.3 is 10.4 Å². The average molecular weight is 355 g/mol. The summed E-state index contributed by atoms with van der Waals surface area (Å²) < 4.78 is 24.1. The molecule has 0 bridgehead atoms. The molecule has 0 fully saturated rings. The van der Waals surface area contributed by atoms with Gasteiger partial charge in [0.05, 0.1) is 22.5 Å². The van der Waals surface area contributed by atoms with Crippen LogP contribution in [0.3, 0.4) is 0 Å². The van der Waals surface area contributed by atoms with Crippen molar-refractivity contribution in [1.29, 1.82) is 0 Å². The van der Waals surface area contributed by atoms with E-state index in [2.05, 4.69) is 5.32 Å². The Balaban J connectivity index is 2.64. The first-order chi connectivity index (χ1) is 11.2. The number of benzene rings is 1. The van der Waals surface area contributed by atoms with Crippen molar-refractivity contribution in [2.24, 2.45) is 5.92 Å². The molecule has 0 aromatic heterocycles. The van der Waals surface area contributed by atoms with Crippen LogP contribution in [-0.4, -0.2) is 37.2 Å². The fraction of sp³-hybridized carbons (Fsp3) is 0.529. The average Bonchev–Trinajstić information content (AvgIpc) is 2.51. The van der Waals surface area contributed by atoms with Crippen molar-refractivity contribution in [1.82, 2.24) is 5.32 Å². The highest BCUT2D eigenvalue weighted by Crippen LogP contribution is 2.16. The summed E-state index contributed by atoms with van der Waals surface area (Å²) in [5.41, 5.74) is 0.678. The lowest BCUT2D eigenvalue weighted by atomic mass is 10.0. The molecule has 7 heteroatoms. The monoisotopic (exact) mass is 355 g/mol. The molecule has 24 heavy (non-hydrogen) atoms. The highest BCUT2D eigenvalue weighted by atomic mass is 32.2. The summed E-state index contributed by atoms with van der Waals surface area (Å²) in [4.78, 5) is 23.2. The van der Waals surface area contributed by atoms with E-state index in [0.717, 1.165) is 6.42 Å². The molecule has 0 radical (unpaired) electrons. The van der Waals surface area contributed by atoms with Crippen LogP contribution in [-0.2, 0) is 25.8 Å². The van der Waals surface area contributed by atoms with Crippen LogP contribution >= 0.6 is 0 Å². The molecular weight excluding hydrogens is 330 g/mol. The molecule has 0 heterocycles. The minimum atomic E-state index is -3.33. The van der Waals surface area contributed by atoms with Crippen molar-refractivity contribution >= 4 is 21.7 Å². The molecule has 1 amide bonds. The van der Waals surface area contributed by atoms with Gasteiger partial charge in [0, 0.05) is 6.54 Å². The summed E-state index contributed by atoms with van der Waals surface area (Å²) in [6.07, 6.45) is 1.33. The lowest BCUT2D eigenvalue weighted by Gasteiger charge is -2.12. The maximum atomic E-state index is 12.0. The molecule has 134 valence electrons. The minimum Gasteiger partial charge on any atom is -0.481 e. The van der Waals surface area contributed by atoms with Gasteiger partial charge in [0.15, 0.2) is 9.84 Å². The van der Waals surface area contributed by atoms with Crippen molar-refractivity contribution < 1.29 is 23.1 Å². The minimum absolute atomic E-state index is 0.0838. The third kappa shape index (κ3) is 5.63. The number of rotatable bonds is 9. The Hall–Kier alpha value is -1.89. The number of carbonyl (C=O) groups is 2. The number of amides is 1. The molecule has 0 saturated carbocycles. The molecule has 0 saturated heterocycles. The second kappa shape index (κ2) is 8.82. The highest BCUT2D eigenvalue weighted by Gasteiger charge is 2.19. The van der Waals surface area contributed by atoms with E-state index in [-0.39, 0.29) is 23.8 Å². The van der Waals surface area contributed by atoms with Crippen LogP contribution in [0.15, 0.2) is 29.2 Å². The van der Waals surface area contributed by atoms with Gasteiger partial charge in [-0.3, -0.25) is 9.59 Å². The zero-order chi connectivity index (χ0) is 18.3. The molecule has 2 N–H and O–H groups in total. The van der Waals surface area contributed by atoms with Crippen molar-refractivity contribution in [2.75, 3.05) is 6.54 Å². The van der Waals surface area contributed by atoms with E-state index in [4.69, 9.17) is 5.11 Å². The van der Waals surface area contributed by atoms with Crippen LogP contribution in [0, 0.1) is 5.92 Å². The first-order valence-corrected chi connectivity index (χ1v) is 9.55. The molecule has 0 aliphatic heterocycles. The summed E-state index contributed by atoms with van der Waals surface area (Å²) in [6.45, 7) is 5.23. The zero-order valence-electron chi connectivity index (χ0n) is 14.3. The van der Waals surface area contributed by atoms with Crippen LogP contribution in [0.2, 0.25) is 0 Å². The molecule has 1 aromatic carbocycles. The first kappa shape index (κ1) is 20.2. The van der Waals surface area contributed by atoms with Crippen molar-refractivity contribution in [3.63, 3.8) is 0 Å². The van der Waals surface area contributed by atoms with Gasteiger partial charge in [0.25, 0.3) is 0 Å². The maximum absolute atomic E-state index is 12.0. The molecule has 0 aliphatic carbocycles. The van der Waals surface area contributed by atoms with Crippen LogP contribution in [0.25, 0.3) is 0 Å². The molecule has 1 unspecified atom stereocenters. The number of carbonyl (C=O) groups excluding carboxylic acids is 1. The number of hydrogen-bond acceptors (Lipinski definition) is 4. The smallest absolute Gasteiger partial charge is 0.308 e. The Morgan fingerprint density at radius 3 is 2.21 bits per heavy atom. The second-order valence-corrected chi connectivity index (χ2v) is 8.55. The van der Waals surface area contributed by atoms with Gasteiger partial charge in [-0.2, -0.15) is 0 Å². The Labute approximate surface area is 143 Å². The quantitative estimate of drug-likeness (QED) is 0.706. The number of nitrogens with one attached hydrogen (secondary N) is 1. The Morgan fingerprint density at radius 1 is 1.17 bits per heavy atom. The van der Waals surface area contributed by atoms with Crippen molar-refractivity contribution in [3.8, 4) is 0 Å². The molecule has 1 aromatic rings. The molecule has 6 nitrogen and oxygen atoms in total. The predicted molar refractivity (Wildman–Crippen MR) is 91.5 cm³/mol. The van der Waals surface area contributed by atoms with E-state index in [0.29, 0.717) is 12.0 Å². The fourth-order valence-electron chi connectivity index (χ4n) is 2.22. The third-order valence-corrected chi connectivity index (χ3v) is 5.94. The number of carboxylic acid groups (broad SMARTS) is 1. The summed E-state index contributed by atoms with van der Waals surface area (Å²) >= 11 is 0.